The van der Waals surface area contributed by atoms with Crippen LogP contribution in [0.1, 0.15) is 5.56 Å². The zero-order valence-corrected chi connectivity index (χ0v) is 9.04. The van der Waals surface area contributed by atoms with Crippen molar-refractivity contribution in [1.29, 1.82) is 5.26 Å². The van der Waals surface area contributed by atoms with Crippen LogP contribution in [0, 0.1) is 11.3 Å². The molecule has 0 radical (unpaired) electrons. The van der Waals surface area contributed by atoms with Gasteiger partial charge in [-0.3, -0.25) is 4.79 Å². The zero-order valence-electron chi connectivity index (χ0n) is 9.04. The Hall–Kier alpha value is -2.40. The normalized spacial score (nSPS) is 9.41. The fourth-order valence-corrected chi connectivity index (χ4v) is 0.905. The minimum atomic E-state index is -0.739. The van der Waals surface area contributed by atoms with Crippen LogP contribution in [0.3, 0.4) is 0 Å². The topological polar surface area (TPSA) is 106 Å². The number of nitriles is 1. The largest absolute Gasteiger partial charge is 0.446 e. The Bertz CT molecular complexity index is 491. The van der Waals surface area contributed by atoms with Crippen molar-refractivity contribution < 1.29 is 14.3 Å². The maximum absolute atomic E-state index is 11.2. The Labute approximate surface area is 96.4 Å². The van der Waals surface area contributed by atoms with Gasteiger partial charge in [0.2, 0.25) is 0 Å². The summed E-state index contributed by atoms with van der Waals surface area (Å²) < 4.78 is 10.5. The van der Waals surface area contributed by atoms with Crippen molar-refractivity contribution in [2.75, 3.05) is 25.7 Å². The van der Waals surface area contributed by atoms with Gasteiger partial charge in [-0.2, -0.15) is 10.2 Å². The predicted octanol–water partition coefficient (Wildman–Crippen LogP) is -0.559. The number of nitrogens with one attached hydrogen (secondary N) is 1. The first-order chi connectivity index (χ1) is 8.17. The molecular formula is C9H10N4O4. The molecule has 0 aromatic carbocycles. The highest BCUT2D eigenvalue weighted by atomic mass is 16.6. The number of carbonyl (C=O) groups excluding carboxylic acids is 1. The minimum absolute atomic E-state index is 0.0983. The van der Waals surface area contributed by atoms with E-state index in [1.807, 2.05) is 0 Å². The average Bonchev–Trinajstić information content (AvgIpc) is 2.32. The molecule has 8 heteroatoms. The Morgan fingerprint density at radius 2 is 2.41 bits per heavy atom. The van der Waals surface area contributed by atoms with Gasteiger partial charge in [-0.05, 0) is 0 Å². The van der Waals surface area contributed by atoms with E-state index < -0.39 is 11.7 Å². The van der Waals surface area contributed by atoms with Gasteiger partial charge in [0.15, 0.2) is 0 Å². The first-order valence-electron chi connectivity index (χ1n) is 4.58. The molecule has 0 bridgehead atoms. The van der Waals surface area contributed by atoms with Crippen molar-refractivity contribution in [2.24, 2.45) is 0 Å². The number of nitrogens with zero attached hydrogens (tertiary/aromatic N) is 3. The van der Waals surface area contributed by atoms with E-state index in [1.165, 1.54) is 7.11 Å². The second-order valence-electron chi connectivity index (χ2n) is 2.85. The zero-order chi connectivity index (χ0) is 12.7. The standard InChI is InChI=1S/C9H10N4O4/c1-16-2-3-17-9(15)12-13-5-7(4-10)8(14)11-6-13/h5-6H,2-3H2,1H3,(H,12,15). The highest BCUT2D eigenvalue weighted by Gasteiger charge is 2.04. The van der Waals surface area contributed by atoms with Gasteiger partial charge in [0.25, 0.3) is 5.56 Å². The summed E-state index contributed by atoms with van der Waals surface area (Å²) in [5.41, 5.74) is 1.42. The molecule has 0 aliphatic rings. The van der Waals surface area contributed by atoms with Crippen LogP contribution in [-0.2, 0) is 9.47 Å². The van der Waals surface area contributed by atoms with Crippen LogP contribution in [-0.4, -0.2) is 36.1 Å². The summed E-state index contributed by atoms with van der Waals surface area (Å²) in [5.74, 6) is 0. The Morgan fingerprint density at radius 3 is 3.06 bits per heavy atom. The molecule has 0 atom stereocenters. The number of carbonyl (C=O) groups is 1. The second kappa shape index (κ2) is 6.24. The molecule has 1 N–H and O–H groups in total. The van der Waals surface area contributed by atoms with Crippen LogP contribution < -0.4 is 11.0 Å². The third-order valence-corrected chi connectivity index (χ3v) is 1.66. The van der Waals surface area contributed by atoms with Crippen molar-refractivity contribution in [3.63, 3.8) is 0 Å². The SMILES string of the molecule is COCCOC(=O)Nn1cnc(=O)c(C#N)c1. The highest BCUT2D eigenvalue weighted by molar-refractivity contribution is 5.75. The molecule has 0 aliphatic heterocycles. The molecule has 8 nitrogen and oxygen atoms in total. The van der Waals surface area contributed by atoms with E-state index in [9.17, 15) is 9.59 Å². The average molecular weight is 238 g/mol. The Balaban J connectivity index is 2.60. The Kier molecular flexibility index (Phi) is 4.65. The lowest BCUT2D eigenvalue weighted by Gasteiger charge is -2.08. The van der Waals surface area contributed by atoms with Crippen LogP contribution in [0.5, 0.6) is 0 Å². The van der Waals surface area contributed by atoms with Gasteiger partial charge < -0.3 is 9.47 Å². The fraction of sp³-hybridized carbons (Fsp3) is 0.333. The number of hydrogen-bond donors (Lipinski definition) is 1. The molecule has 0 aliphatic carbocycles. The van der Waals surface area contributed by atoms with Crippen molar-refractivity contribution in [3.8, 4) is 6.07 Å². The summed E-state index contributed by atoms with van der Waals surface area (Å²) in [6.45, 7) is 0.375. The first-order valence-corrected chi connectivity index (χ1v) is 4.58. The smallest absolute Gasteiger partial charge is 0.426 e. The molecule has 17 heavy (non-hydrogen) atoms. The highest BCUT2D eigenvalue weighted by Crippen LogP contribution is 1.87. The summed E-state index contributed by atoms with van der Waals surface area (Å²) in [5, 5.41) is 8.59. The lowest BCUT2D eigenvalue weighted by molar-refractivity contribution is 0.105. The number of aromatic nitrogens is 2. The van der Waals surface area contributed by atoms with Gasteiger partial charge in [-0.1, -0.05) is 0 Å². The number of amides is 1. The van der Waals surface area contributed by atoms with Gasteiger partial charge >= 0.3 is 6.09 Å². The van der Waals surface area contributed by atoms with E-state index in [0.29, 0.717) is 0 Å². The summed E-state index contributed by atoms with van der Waals surface area (Å²) in [6, 6.07) is 1.65. The summed E-state index contributed by atoms with van der Waals surface area (Å²) in [4.78, 5) is 25.6. The number of hydrogen-bond acceptors (Lipinski definition) is 6. The van der Waals surface area contributed by atoms with Gasteiger partial charge in [-0.15, -0.1) is 0 Å². The molecule has 1 rings (SSSR count). The molecule has 90 valence electrons. The van der Waals surface area contributed by atoms with Crippen LogP contribution in [0.2, 0.25) is 0 Å². The third-order valence-electron chi connectivity index (χ3n) is 1.66. The maximum Gasteiger partial charge on any atom is 0.426 e. The Morgan fingerprint density at radius 1 is 1.65 bits per heavy atom. The maximum atomic E-state index is 11.2. The molecule has 1 heterocycles. The van der Waals surface area contributed by atoms with Gasteiger partial charge in [0.05, 0.1) is 12.8 Å². The van der Waals surface area contributed by atoms with E-state index in [-0.39, 0.29) is 18.8 Å². The monoisotopic (exact) mass is 238 g/mol. The van der Waals surface area contributed by atoms with E-state index in [2.05, 4.69) is 15.1 Å². The first kappa shape index (κ1) is 12.7. The van der Waals surface area contributed by atoms with E-state index in [1.54, 1.807) is 6.07 Å². The lowest BCUT2D eigenvalue weighted by Crippen LogP contribution is -2.27. The summed E-state index contributed by atoms with van der Waals surface area (Å²) in [7, 11) is 1.48. The lowest BCUT2D eigenvalue weighted by atomic mass is 10.4. The van der Waals surface area contributed by atoms with Crippen LogP contribution in [0.15, 0.2) is 17.3 Å². The predicted molar refractivity (Wildman–Crippen MR) is 55.8 cm³/mol. The summed E-state index contributed by atoms with van der Waals surface area (Å²) in [6.07, 6.45) is 1.48. The van der Waals surface area contributed by atoms with Gasteiger partial charge in [-0.25, -0.2) is 14.9 Å². The van der Waals surface area contributed by atoms with Gasteiger partial charge in [0, 0.05) is 7.11 Å². The van der Waals surface area contributed by atoms with Crippen LogP contribution in [0.4, 0.5) is 4.79 Å². The van der Waals surface area contributed by atoms with Crippen LogP contribution in [0.25, 0.3) is 0 Å². The molecule has 0 fully saturated rings. The van der Waals surface area contributed by atoms with Gasteiger partial charge in [0.1, 0.15) is 24.6 Å². The summed E-state index contributed by atoms with van der Waals surface area (Å²) >= 11 is 0. The van der Waals surface area contributed by atoms with Crippen molar-refractivity contribution in [1.82, 2.24) is 9.66 Å². The molecule has 1 amide bonds. The van der Waals surface area contributed by atoms with Crippen molar-refractivity contribution in [2.45, 2.75) is 0 Å². The van der Waals surface area contributed by atoms with Crippen molar-refractivity contribution >= 4 is 6.09 Å². The fourth-order valence-electron chi connectivity index (χ4n) is 0.905. The number of ether oxygens (including phenoxy) is 2. The number of rotatable bonds is 4. The van der Waals surface area contributed by atoms with E-state index >= 15 is 0 Å². The molecule has 0 spiro atoms. The number of methoxy groups -OCH3 is 1. The van der Waals surface area contributed by atoms with Crippen LogP contribution >= 0.6 is 0 Å². The van der Waals surface area contributed by atoms with E-state index in [4.69, 9.17) is 10.00 Å². The molecule has 0 unspecified atom stereocenters. The molecule has 0 saturated heterocycles. The quantitative estimate of drug-likeness (QED) is 0.705. The molecule has 1 aromatic heterocycles. The molecular weight excluding hydrogens is 228 g/mol. The molecule has 1 aromatic rings. The van der Waals surface area contributed by atoms with E-state index in [0.717, 1.165) is 17.2 Å². The molecule has 0 saturated carbocycles. The van der Waals surface area contributed by atoms with Crippen molar-refractivity contribution in [3.05, 3.63) is 28.4 Å². The third kappa shape index (κ3) is 3.92. The minimum Gasteiger partial charge on any atom is -0.446 e. The second-order valence-corrected chi connectivity index (χ2v) is 2.85.